The zero-order chi connectivity index (χ0) is 21.9. The van der Waals surface area contributed by atoms with Crippen LogP contribution >= 0.6 is 24.0 Å². The third-order valence-corrected chi connectivity index (χ3v) is 6.81. The van der Waals surface area contributed by atoms with E-state index in [2.05, 4.69) is 76.7 Å². The zero-order valence-electron chi connectivity index (χ0n) is 17.6. The van der Waals surface area contributed by atoms with Crippen LogP contribution in [0.5, 0.6) is 0 Å². The minimum atomic E-state index is -0.0926. The standard InChI is InChI=1S/C26H23N3OS2/c1-18-10-12-20(13-11-18)32-23-15-14-22(30-23)25-24(21-9-5-6-16-27-21)28-26(31)29(25)17-19-7-3-2-4-8-19/h2-16,24-25H,17H2,1H3,(H,28,31). The lowest BCUT2D eigenvalue weighted by Gasteiger charge is -2.26. The van der Waals surface area contributed by atoms with Crippen molar-refractivity contribution in [3.8, 4) is 0 Å². The SMILES string of the molecule is Cc1ccc(Sc2ccc(C3C(c4ccccn4)NC(=S)N3Cc3ccccc3)o2)cc1. The van der Waals surface area contributed by atoms with Crippen LogP contribution in [-0.4, -0.2) is 15.0 Å². The van der Waals surface area contributed by atoms with Crippen LogP contribution in [0.1, 0.15) is 34.7 Å². The summed E-state index contributed by atoms with van der Waals surface area (Å²) in [7, 11) is 0. The quantitative estimate of drug-likeness (QED) is 0.342. The van der Waals surface area contributed by atoms with Crippen molar-refractivity contribution in [1.29, 1.82) is 0 Å². The number of aromatic nitrogens is 1. The van der Waals surface area contributed by atoms with Crippen LogP contribution < -0.4 is 5.32 Å². The van der Waals surface area contributed by atoms with E-state index >= 15 is 0 Å². The summed E-state index contributed by atoms with van der Waals surface area (Å²) in [5.74, 6) is 0.874. The molecule has 0 radical (unpaired) electrons. The van der Waals surface area contributed by atoms with Gasteiger partial charge in [0.05, 0.1) is 11.7 Å². The molecule has 1 N–H and O–H groups in total. The predicted octanol–water partition coefficient (Wildman–Crippen LogP) is 6.31. The number of pyridine rings is 1. The number of aryl methyl sites for hydroxylation is 1. The molecule has 0 spiro atoms. The Balaban J connectivity index is 1.47. The van der Waals surface area contributed by atoms with Crippen molar-refractivity contribution < 1.29 is 4.42 Å². The molecule has 2 atom stereocenters. The molecule has 1 aliphatic heterocycles. The Morgan fingerprint density at radius 3 is 2.50 bits per heavy atom. The van der Waals surface area contributed by atoms with E-state index < -0.39 is 0 Å². The van der Waals surface area contributed by atoms with E-state index in [4.69, 9.17) is 16.6 Å². The van der Waals surface area contributed by atoms with Gasteiger partial charge in [0.25, 0.3) is 0 Å². The number of nitrogens with zero attached hydrogens (tertiary/aromatic N) is 2. The second-order valence-corrected chi connectivity index (χ2v) is 9.28. The van der Waals surface area contributed by atoms with Crippen molar-refractivity contribution >= 4 is 29.1 Å². The Kier molecular flexibility index (Phi) is 5.97. The van der Waals surface area contributed by atoms with Gasteiger partial charge in [-0.05, 0) is 61.1 Å². The number of benzene rings is 2. The van der Waals surface area contributed by atoms with E-state index in [-0.39, 0.29) is 12.1 Å². The third-order valence-electron chi connectivity index (χ3n) is 5.53. The Hall–Kier alpha value is -3.09. The molecule has 32 heavy (non-hydrogen) atoms. The lowest BCUT2D eigenvalue weighted by molar-refractivity contribution is 0.254. The number of rotatable bonds is 6. The molecule has 2 aromatic heterocycles. The summed E-state index contributed by atoms with van der Waals surface area (Å²) in [5.41, 5.74) is 3.39. The molecule has 1 fully saturated rings. The van der Waals surface area contributed by atoms with Crippen LogP contribution in [0, 0.1) is 6.92 Å². The average molecular weight is 458 g/mol. The van der Waals surface area contributed by atoms with E-state index in [0.29, 0.717) is 11.7 Å². The molecular weight excluding hydrogens is 434 g/mol. The number of hydrogen-bond acceptors (Lipinski definition) is 4. The molecule has 4 aromatic rings. The van der Waals surface area contributed by atoms with Gasteiger partial charge in [0, 0.05) is 17.6 Å². The first kappa shape index (κ1) is 20.8. The highest BCUT2D eigenvalue weighted by Crippen LogP contribution is 2.41. The summed E-state index contributed by atoms with van der Waals surface area (Å²) in [6.07, 6.45) is 1.82. The summed E-state index contributed by atoms with van der Waals surface area (Å²) < 4.78 is 6.36. The maximum Gasteiger partial charge on any atom is 0.170 e. The average Bonchev–Trinajstić information content (AvgIpc) is 3.41. The van der Waals surface area contributed by atoms with Gasteiger partial charge in [-0.1, -0.05) is 65.9 Å². The van der Waals surface area contributed by atoms with Gasteiger partial charge in [0.2, 0.25) is 0 Å². The highest BCUT2D eigenvalue weighted by molar-refractivity contribution is 7.99. The van der Waals surface area contributed by atoms with Crippen molar-refractivity contribution in [1.82, 2.24) is 15.2 Å². The van der Waals surface area contributed by atoms with Crippen LogP contribution in [0.15, 0.2) is 106 Å². The Morgan fingerprint density at radius 1 is 0.969 bits per heavy atom. The summed E-state index contributed by atoms with van der Waals surface area (Å²) in [5, 5.41) is 5.05. The number of furan rings is 1. The molecule has 0 aliphatic carbocycles. The lowest BCUT2D eigenvalue weighted by atomic mass is 10.0. The lowest BCUT2D eigenvalue weighted by Crippen LogP contribution is -2.28. The fourth-order valence-electron chi connectivity index (χ4n) is 3.94. The maximum atomic E-state index is 6.36. The Morgan fingerprint density at radius 2 is 1.75 bits per heavy atom. The first-order chi connectivity index (χ1) is 15.7. The molecular formula is C26H23N3OS2. The van der Waals surface area contributed by atoms with E-state index in [0.717, 1.165) is 21.4 Å². The second kappa shape index (κ2) is 9.18. The molecule has 6 heteroatoms. The Labute approximate surface area is 197 Å². The third kappa shape index (κ3) is 4.42. The summed E-state index contributed by atoms with van der Waals surface area (Å²) in [4.78, 5) is 7.95. The van der Waals surface area contributed by atoms with Crippen LogP contribution in [0.2, 0.25) is 0 Å². The molecule has 0 bridgehead atoms. The van der Waals surface area contributed by atoms with Gasteiger partial charge in [-0.3, -0.25) is 4.98 Å². The molecule has 1 aliphatic rings. The maximum absolute atomic E-state index is 6.36. The highest BCUT2D eigenvalue weighted by atomic mass is 32.2. The molecule has 3 heterocycles. The van der Waals surface area contributed by atoms with Crippen molar-refractivity contribution in [2.75, 3.05) is 0 Å². The summed E-state index contributed by atoms with van der Waals surface area (Å²) in [6, 6.07) is 28.7. The second-order valence-electron chi connectivity index (χ2n) is 7.81. The molecule has 5 rings (SSSR count). The van der Waals surface area contributed by atoms with Crippen LogP contribution in [0.4, 0.5) is 0 Å². The first-order valence-electron chi connectivity index (χ1n) is 10.5. The van der Waals surface area contributed by atoms with Crippen LogP contribution in [-0.2, 0) is 6.54 Å². The topological polar surface area (TPSA) is 41.3 Å². The number of nitrogens with one attached hydrogen (secondary N) is 1. The molecule has 0 amide bonds. The van der Waals surface area contributed by atoms with E-state index in [9.17, 15) is 0 Å². The smallest absolute Gasteiger partial charge is 0.170 e. The summed E-state index contributed by atoms with van der Waals surface area (Å²) >= 11 is 7.38. The number of hydrogen-bond donors (Lipinski definition) is 1. The van der Waals surface area contributed by atoms with Crippen molar-refractivity contribution in [3.05, 3.63) is 114 Å². The molecule has 4 nitrogen and oxygen atoms in total. The molecule has 160 valence electrons. The molecule has 2 unspecified atom stereocenters. The van der Waals surface area contributed by atoms with Crippen molar-refractivity contribution in [2.24, 2.45) is 0 Å². The monoisotopic (exact) mass is 457 g/mol. The zero-order valence-corrected chi connectivity index (χ0v) is 19.3. The molecule has 2 aromatic carbocycles. The van der Waals surface area contributed by atoms with Crippen molar-refractivity contribution in [2.45, 2.75) is 35.5 Å². The first-order valence-corrected chi connectivity index (χ1v) is 11.8. The molecule has 1 saturated heterocycles. The van der Waals surface area contributed by atoms with Gasteiger partial charge < -0.3 is 14.6 Å². The van der Waals surface area contributed by atoms with Crippen molar-refractivity contribution in [3.63, 3.8) is 0 Å². The fourth-order valence-corrected chi connectivity index (χ4v) is 5.02. The van der Waals surface area contributed by atoms with Gasteiger partial charge in [-0.15, -0.1) is 0 Å². The van der Waals surface area contributed by atoms with E-state index in [1.54, 1.807) is 11.8 Å². The molecule has 0 saturated carbocycles. The fraction of sp³-hybridized carbons (Fsp3) is 0.154. The van der Waals surface area contributed by atoms with Gasteiger partial charge in [-0.25, -0.2) is 0 Å². The summed E-state index contributed by atoms with van der Waals surface area (Å²) in [6.45, 7) is 2.79. The van der Waals surface area contributed by atoms with Gasteiger partial charge in [-0.2, -0.15) is 0 Å². The normalized spacial score (nSPS) is 18.0. The highest BCUT2D eigenvalue weighted by Gasteiger charge is 2.41. The van der Waals surface area contributed by atoms with Gasteiger partial charge >= 0.3 is 0 Å². The largest absolute Gasteiger partial charge is 0.452 e. The number of thiocarbonyl (C=S) groups is 1. The van der Waals surface area contributed by atoms with Gasteiger partial charge in [0.1, 0.15) is 11.8 Å². The Bertz CT molecular complexity index is 1190. The van der Waals surface area contributed by atoms with E-state index in [1.165, 1.54) is 11.1 Å². The predicted molar refractivity (Wildman–Crippen MR) is 131 cm³/mol. The van der Waals surface area contributed by atoms with Crippen LogP contribution in [0.25, 0.3) is 0 Å². The van der Waals surface area contributed by atoms with Crippen LogP contribution in [0.3, 0.4) is 0 Å². The van der Waals surface area contributed by atoms with E-state index in [1.807, 2.05) is 36.5 Å². The van der Waals surface area contributed by atoms with Gasteiger partial charge in [0.15, 0.2) is 10.2 Å². The minimum Gasteiger partial charge on any atom is -0.452 e. The minimum absolute atomic E-state index is 0.0872.